The molecule has 0 radical (unpaired) electrons. The van der Waals surface area contributed by atoms with Gasteiger partial charge in [0.05, 0.1) is 5.56 Å². The molecule has 5 heteroatoms. The van der Waals surface area contributed by atoms with Gasteiger partial charge in [-0.25, -0.2) is 4.98 Å². The lowest BCUT2D eigenvalue weighted by Crippen LogP contribution is -2.32. The molecule has 1 fully saturated rings. The molecule has 21 heavy (non-hydrogen) atoms. The molecule has 2 rings (SSSR count). The molecule has 1 saturated carbocycles. The second-order valence-electron chi connectivity index (χ2n) is 5.97. The van der Waals surface area contributed by atoms with E-state index in [0.29, 0.717) is 11.6 Å². The van der Waals surface area contributed by atoms with Crippen LogP contribution >= 0.6 is 0 Å². The molecule has 1 aromatic heterocycles. The number of carbonyl (C=O) groups is 1. The van der Waals surface area contributed by atoms with Gasteiger partial charge in [0.15, 0.2) is 0 Å². The topological polar surface area (TPSA) is 57.3 Å². The maximum absolute atomic E-state index is 12.1. The van der Waals surface area contributed by atoms with E-state index in [0.717, 1.165) is 38.2 Å². The van der Waals surface area contributed by atoms with Crippen molar-refractivity contribution in [2.24, 2.45) is 0 Å². The molecule has 0 spiro atoms. The Bertz CT molecular complexity index is 438. The molecule has 0 aliphatic heterocycles. The molecule has 0 atom stereocenters. The van der Waals surface area contributed by atoms with Crippen LogP contribution in [0.1, 0.15) is 42.5 Å². The number of hydrogen-bond donors (Lipinski definition) is 2. The van der Waals surface area contributed by atoms with Crippen molar-refractivity contribution >= 4 is 11.7 Å². The molecular weight excluding hydrogens is 264 g/mol. The van der Waals surface area contributed by atoms with Gasteiger partial charge < -0.3 is 15.5 Å². The van der Waals surface area contributed by atoms with Crippen LogP contribution in [0.2, 0.25) is 0 Å². The fraction of sp³-hybridized carbons (Fsp3) is 0.625. The Labute approximate surface area is 127 Å². The number of pyridine rings is 1. The van der Waals surface area contributed by atoms with Gasteiger partial charge in [0.1, 0.15) is 5.82 Å². The highest BCUT2D eigenvalue weighted by molar-refractivity contribution is 5.94. The molecule has 1 aliphatic rings. The van der Waals surface area contributed by atoms with Gasteiger partial charge in [-0.05, 0) is 52.0 Å². The summed E-state index contributed by atoms with van der Waals surface area (Å²) in [6, 6.07) is 4.06. The third kappa shape index (κ3) is 5.34. The van der Waals surface area contributed by atoms with Crippen molar-refractivity contribution in [1.29, 1.82) is 0 Å². The van der Waals surface area contributed by atoms with Crippen LogP contribution in [-0.2, 0) is 0 Å². The Balaban J connectivity index is 1.76. The van der Waals surface area contributed by atoms with E-state index in [9.17, 15) is 4.79 Å². The predicted molar refractivity (Wildman–Crippen MR) is 85.6 cm³/mol. The van der Waals surface area contributed by atoms with E-state index in [2.05, 4.69) is 34.6 Å². The van der Waals surface area contributed by atoms with Gasteiger partial charge in [0.25, 0.3) is 5.91 Å². The molecular formula is C16H26N4O. The molecule has 116 valence electrons. The summed E-state index contributed by atoms with van der Waals surface area (Å²) in [5, 5.41) is 6.34. The van der Waals surface area contributed by atoms with E-state index in [1.54, 1.807) is 6.20 Å². The number of amides is 1. The van der Waals surface area contributed by atoms with Gasteiger partial charge in [-0.3, -0.25) is 4.79 Å². The van der Waals surface area contributed by atoms with Crippen LogP contribution in [0.3, 0.4) is 0 Å². The minimum Gasteiger partial charge on any atom is -0.370 e. The third-order valence-corrected chi connectivity index (χ3v) is 3.80. The molecule has 1 aliphatic carbocycles. The molecule has 0 saturated heterocycles. The first-order valence-corrected chi connectivity index (χ1v) is 7.80. The second kappa shape index (κ2) is 7.98. The third-order valence-electron chi connectivity index (χ3n) is 3.80. The van der Waals surface area contributed by atoms with E-state index in [1.807, 2.05) is 12.1 Å². The summed E-state index contributed by atoms with van der Waals surface area (Å²) in [6.07, 6.45) is 7.37. The molecule has 0 aromatic carbocycles. The lowest BCUT2D eigenvalue weighted by molar-refractivity contribution is 0.0937. The van der Waals surface area contributed by atoms with Gasteiger partial charge in [-0.1, -0.05) is 12.8 Å². The number of rotatable bonds is 7. The van der Waals surface area contributed by atoms with Crippen LogP contribution in [0.4, 0.5) is 5.82 Å². The zero-order chi connectivity index (χ0) is 15.1. The van der Waals surface area contributed by atoms with E-state index in [1.165, 1.54) is 12.8 Å². The summed E-state index contributed by atoms with van der Waals surface area (Å²) >= 11 is 0. The standard InChI is InChI=1S/C16H26N4O/c1-20(2)11-5-10-17-15-9-8-13(12-18-15)16(21)19-14-6-3-4-7-14/h8-9,12,14H,3-7,10-11H2,1-2H3,(H,17,18)(H,19,21). The number of nitrogens with zero attached hydrogens (tertiary/aromatic N) is 2. The zero-order valence-corrected chi connectivity index (χ0v) is 13.1. The largest absolute Gasteiger partial charge is 0.370 e. The normalized spacial score (nSPS) is 15.4. The van der Waals surface area contributed by atoms with E-state index >= 15 is 0 Å². The van der Waals surface area contributed by atoms with Crippen LogP contribution in [0.15, 0.2) is 18.3 Å². The van der Waals surface area contributed by atoms with Crippen molar-refractivity contribution in [3.8, 4) is 0 Å². The predicted octanol–water partition coefficient (Wildman–Crippen LogP) is 2.12. The quantitative estimate of drug-likeness (QED) is 0.755. The highest BCUT2D eigenvalue weighted by Crippen LogP contribution is 2.18. The summed E-state index contributed by atoms with van der Waals surface area (Å²) in [4.78, 5) is 18.5. The molecule has 1 heterocycles. The lowest BCUT2D eigenvalue weighted by atomic mass is 10.2. The molecule has 5 nitrogen and oxygen atoms in total. The Hall–Kier alpha value is -1.62. The smallest absolute Gasteiger partial charge is 0.253 e. The minimum absolute atomic E-state index is 0.00597. The van der Waals surface area contributed by atoms with Crippen LogP contribution in [0.25, 0.3) is 0 Å². The van der Waals surface area contributed by atoms with Crippen molar-refractivity contribution in [3.05, 3.63) is 23.9 Å². The maximum atomic E-state index is 12.1. The first kappa shape index (κ1) is 15.8. The Morgan fingerprint density at radius 3 is 2.71 bits per heavy atom. The van der Waals surface area contributed by atoms with Crippen LogP contribution < -0.4 is 10.6 Å². The second-order valence-corrected chi connectivity index (χ2v) is 5.97. The number of nitrogens with one attached hydrogen (secondary N) is 2. The summed E-state index contributed by atoms with van der Waals surface area (Å²) in [7, 11) is 4.13. The zero-order valence-electron chi connectivity index (χ0n) is 13.1. The molecule has 1 aromatic rings. The van der Waals surface area contributed by atoms with Gasteiger partial charge in [0.2, 0.25) is 0 Å². The fourth-order valence-electron chi connectivity index (χ4n) is 2.58. The van der Waals surface area contributed by atoms with Crippen LogP contribution in [-0.4, -0.2) is 49.0 Å². The highest BCUT2D eigenvalue weighted by Gasteiger charge is 2.17. The number of carbonyl (C=O) groups excluding carboxylic acids is 1. The lowest BCUT2D eigenvalue weighted by Gasteiger charge is -2.12. The van der Waals surface area contributed by atoms with E-state index < -0.39 is 0 Å². The SMILES string of the molecule is CN(C)CCCNc1ccc(C(=O)NC2CCCC2)cn1. The van der Waals surface area contributed by atoms with E-state index in [4.69, 9.17) is 0 Å². The molecule has 0 unspecified atom stereocenters. The average Bonchev–Trinajstić information content (AvgIpc) is 2.97. The Morgan fingerprint density at radius 2 is 2.10 bits per heavy atom. The summed E-state index contributed by atoms with van der Waals surface area (Å²) < 4.78 is 0. The van der Waals surface area contributed by atoms with Crippen LogP contribution in [0.5, 0.6) is 0 Å². The van der Waals surface area contributed by atoms with Gasteiger partial charge >= 0.3 is 0 Å². The average molecular weight is 290 g/mol. The summed E-state index contributed by atoms with van der Waals surface area (Å²) in [5.41, 5.74) is 0.640. The number of aromatic nitrogens is 1. The Morgan fingerprint density at radius 1 is 1.33 bits per heavy atom. The highest BCUT2D eigenvalue weighted by atomic mass is 16.1. The molecule has 2 N–H and O–H groups in total. The summed E-state index contributed by atoms with van der Waals surface area (Å²) in [6.45, 7) is 1.94. The van der Waals surface area contributed by atoms with Gasteiger partial charge in [0, 0.05) is 18.8 Å². The summed E-state index contributed by atoms with van der Waals surface area (Å²) in [5.74, 6) is 0.819. The molecule has 0 bridgehead atoms. The van der Waals surface area contributed by atoms with Crippen molar-refractivity contribution in [1.82, 2.24) is 15.2 Å². The maximum Gasteiger partial charge on any atom is 0.253 e. The first-order chi connectivity index (χ1) is 10.1. The van der Waals surface area contributed by atoms with Gasteiger partial charge in [-0.15, -0.1) is 0 Å². The number of anilines is 1. The molecule has 1 amide bonds. The van der Waals surface area contributed by atoms with Crippen molar-refractivity contribution in [2.45, 2.75) is 38.1 Å². The van der Waals surface area contributed by atoms with E-state index in [-0.39, 0.29) is 5.91 Å². The fourth-order valence-corrected chi connectivity index (χ4v) is 2.58. The van der Waals surface area contributed by atoms with Crippen molar-refractivity contribution in [2.75, 3.05) is 32.5 Å². The Kier molecular flexibility index (Phi) is 5.99. The van der Waals surface area contributed by atoms with Gasteiger partial charge in [-0.2, -0.15) is 0 Å². The van der Waals surface area contributed by atoms with Crippen molar-refractivity contribution < 1.29 is 4.79 Å². The number of hydrogen-bond acceptors (Lipinski definition) is 4. The van der Waals surface area contributed by atoms with Crippen molar-refractivity contribution in [3.63, 3.8) is 0 Å². The monoisotopic (exact) mass is 290 g/mol. The first-order valence-electron chi connectivity index (χ1n) is 7.80. The van der Waals surface area contributed by atoms with Crippen LogP contribution in [0, 0.1) is 0 Å². The minimum atomic E-state index is -0.00597.